The summed E-state index contributed by atoms with van der Waals surface area (Å²) in [6.07, 6.45) is 5.08. The van der Waals surface area contributed by atoms with Gasteiger partial charge in [-0.1, -0.05) is 37.3 Å². The molecule has 1 heterocycles. The molecule has 0 saturated carbocycles. The maximum Gasteiger partial charge on any atom is 0.279 e. The highest BCUT2D eigenvalue weighted by atomic mass is 19.1. The highest BCUT2D eigenvalue weighted by Crippen LogP contribution is 2.32. The molecule has 7 nitrogen and oxygen atoms in total. The standard InChI is InChI=1S/C29H27FN4O3/c1-3-20-8-10-21(11-9-20)27(28(35)33-23-14-12-22(30)13-15-23)34(29(36)26-19-31-16-17-32-26)24-6-5-7-25(18-24)37-4-2/h5-19,27H,3-4H2,1-2H3,(H,33,35)/t27-/m1/s1. The van der Waals surface area contributed by atoms with E-state index >= 15 is 0 Å². The van der Waals surface area contributed by atoms with Crippen molar-refractivity contribution in [1.29, 1.82) is 0 Å². The van der Waals surface area contributed by atoms with E-state index in [1.54, 1.807) is 24.3 Å². The number of aryl methyl sites for hydroxylation is 1. The lowest BCUT2D eigenvalue weighted by atomic mass is 10.00. The van der Waals surface area contributed by atoms with Gasteiger partial charge in [0.1, 0.15) is 23.3 Å². The first kappa shape index (κ1) is 25.5. The third kappa shape index (κ3) is 6.16. The molecule has 0 aliphatic carbocycles. The van der Waals surface area contributed by atoms with Crippen molar-refractivity contribution in [3.8, 4) is 5.75 Å². The Balaban J connectivity index is 1.85. The Morgan fingerprint density at radius 3 is 2.41 bits per heavy atom. The van der Waals surface area contributed by atoms with Crippen molar-refractivity contribution in [3.05, 3.63) is 114 Å². The molecule has 0 spiro atoms. The molecule has 0 aliphatic heterocycles. The molecule has 1 aromatic heterocycles. The number of hydrogen-bond acceptors (Lipinski definition) is 5. The summed E-state index contributed by atoms with van der Waals surface area (Å²) in [6.45, 7) is 4.34. The predicted octanol–water partition coefficient (Wildman–Crippen LogP) is 5.60. The van der Waals surface area contributed by atoms with Crippen LogP contribution in [0.2, 0.25) is 0 Å². The summed E-state index contributed by atoms with van der Waals surface area (Å²) >= 11 is 0. The third-order valence-electron chi connectivity index (χ3n) is 5.73. The molecule has 0 saturated heterocycles. The summed E-state index contributed by atoms with van der Waals surface area (Å²) in [4.78, 5) is 37.4. The fourth-order valence-corrected chi connectivity index (χ4v) is 3.90. The van der Waals surface area contributed by atoms with Crippen LogP contribution in [0.3, 0.4) is 0 Å². The summed E-state index contributed by atoms with van der Waals surface area (Å²) in [6, 6.07) is 18.9. The van der Waals surface area contributed by atoms with Crippen molar-refractivity contribution in [2.75, 3.05) is 16.8 Å². The minimum Gasteiger partial charge on any atom is -0.494 e. The second-order valence-corrected chi connectivity index (χ2v) is 8.19. The van der Waals surface area contributed by atoms with Crippen molar-refractivity contribution < 1.29 is 18.7 Å². The second kappa shape index (κ2) is 11.9. The van der Waals surface area contributed by atoms with Gasteiger partial charge in [-0.15, -0.1) is 0 Å². The van der Waals surface area contributed by atoms with Crippen LogP contribution in [0, 0.1) is 5.82 Å². The maximum atomic E-state index is 13.9. The number of halogens is 1. The van der Waals surface area contributed by atoms with Crippen LogP contribution in [0.1, 0.15) is 41.5 Å². The van der Waals surface area contributed by atoms with E-state index in [2.05, 4.69) is 15.3 Å². The van der Waals surface area contributed by atoms with Crippen LogP contribution in [0.5, 0.6) is 5.75 Å². The molecule has 4 aromatic rings. The monoisotopic (exact) mass is 498 g/mol. The summed E-state index contributed by atoms with van der Waals surface area (Å²) in [7, 11) is 0. The van der Waals surface area contributed by atoms with Gasteiger partial charge in [-0.2, -0.15) is 0 Å². The normalized spacial score (nSPS) is 11.4. The molecule has 0 aliphatic rings. The Kier molecular flexibility index (Phi) is 8.20. The topological polar surface area (TPSA) is 84.4 Å². The zero-order chi connectivity index (χ0) is 26.2. The van der Waals surface area contributed by atoms with Crippen LogP contribution < -0.4 is 15.0 Å². The fourth-order valence-electron chi connectivity index (χ4n) is 3.90. The number of carbonyl (C=O) groups excluding carboxylic acids is 2. The van der Waals surface area contributed by atoms with E-state index in [0.717, 1.165) is 12.0 Å². The van der Waals surface area contributed by atoms with Crippen LogP contribution in [-0.2, 0) is 11.2 Å². The molecule has 188 valence electrons. The predicted molar refractivity (Wildman–Crippen MR) is 140 cm³/mol. The van der Waals surface area contributed by atoms with Gasteiger partial charge < -0.3 is 10.1 Å². The third-order valence-corrected chi connectivity index (χ3v) is 5.73. The Hall–Kier alpha value is -4.59. The second-order valence-electron chi connectivity index (χ2n) is 8.19. The zero-order valence-electron chi connectivity index (χ0n) is 20.6. The van der Waals surface area contributed by atoms with Gasteiger partial charge in [-0.25, -0.2) is 9.37 Å². The first-order valence-corrected chi connectivity index (χ1v) is 12.0. The van der Waals surface area contributed by atoms with E-state index in [-0.39, 0.29) is 5.69 Å². The highest BCUT2D eigenvalue weighted by molar-refractivity contribution is 6.11. The van der Waals surface area contributed by atoms with Gasteiger partial charge in [0.25, 0.3) is 11.8 Å². The fraction of sp³-hybridized carbons (Fsp3) is 0.172. The molecule has 0 bridgehead atoms. The van der Waals surface area contributed by atoms with Crippen LogP contribution in [-0.4, -0.2) is 28.4 Å². The molecule has 37 heavy (non-hydrogen) atoms. The molecule has 0 radical (unpaired) electrons. The van der Waals surface area contributed by atoms with E-state index in [1.807, 2.05) is 38.1 Å². The molecular weight excluding hydrogens is 471 g/mol. The van der Waals surface area contributed by atoms with Gasteiger partial charge >= 0.3 is 0 Å². The summed E-state index contributed by atoms with van der Waals surface area (Å²) in [5.41, 5.74) is 2.61. The summed E-state index contributed by atoms with van der Waals surface area (Å²) < 4.78 is 19.1. The lowest BCUT2D eigenvalue weighted by Gasteiger charge is -2.31. The van der Waals surface area contributed by atoms with Gasteiger partial charge in [0.2, 0.25) is 0 Å². The minimum absolute atomic E-state index is 0.0778. The van der Waals surface area contributed by atoms with Gasteiger partial charge in [0.15, 0.2) is 0 Å². The van der Waals surface area contributed by atoms with Gasteiger partial charge in [0.05, 0.1) is 12.8 Å². The van der Waals surface area contributed by atoms with Gasteiger partial charge in [-0.05, 0) is 60.9 Å². The Labute approximate surface area is 215 Å². The molecule has 4 rings (SSSR count). The van der Waals surface area contributed by atoms with E-state index in [1.165, 1.54) is 47.8 Å². The van der Waals surface area contributed by atoms with Crippen molar-refractivity contribution >= 4 is 23.2 Å². The molecule has 0 unspecified atom stereocenters. The van der Waals surface area contributed by atoms with E-state index < -0.39 is 23.7 Å². The van der Waals surface area contributed by atoms with Crippen LogP contribution >= 0.6 is 0 Å². The van der Waals surface area contributed by atoms with Crippen LogP contribution in [0.4, 0.5) is 15.8 Å². The molecule has 2 amide bonds. The van der Waals surface area contributed by atoms with Crippen molar-refractivity contribution in [1.82, 2.24) is 9.97 Å². The highest BCUT2D eigenvalue weighted by Gasteiger charge is 2.34. The zero-order valence-corrected chi connectivity index (χ0v) is 20.6. The maximum absolute atomic E-state index is 13.9. The molecule has 1 N–H and O–H groups in total. The first-order valence-electron chi connectivity index (χ1n) is 12.0. The van der Waals surface area contributed by atoms with Crippen molar-refractivity contribution in [2.45, 2.75) is 26.3 Å². The number of nitrogens with zero attached hydrogens (tertiary/aromatic N) is 3. The number of amides is 2. The average molecular weight is 499 g/mol. The van der Waals surface area contributed by atoms with Crippen LogP contribution in [0.15, 0.2) is 91.4 Å². The number of hydrogen-bond donors (Lipinski definition) is 1. The van der Waals surface area contributed by atoms with E-state index in [0.29, 0.717) is 29.3 Å². The van der Waals surface area contributed by atoms with Gasteiger partial charge in [0, 0.05) is 29.8 Å². The van der Waals surface area contributed by atoms with Crippen LogP contribution in [0.25, 0.3) is 0 Å². The molecule has 1 atom stereocenters. The Bertz CT molecular complexity index is 1350. The number of benzene rings is 3. The van der Waals surface area contributed by atoms with Gasteiger partial charge in [-0.3, -0.25) is 19.5 Å². The van der Waals surface area contributed by atoms with E-state index in [4.69, 9.17) is 4.74 Å². The number of ether oxygens (including phenoxy) is 1. The lowest BCUT2D eigenvalue weighted by Crippen LogP contribution is -2.42. The number of aromatic nitrogens is 2. The van der Waals surface area contributed by atoms with E-state index in [9.17, 15) is 14.0 Å². The number of rotatable bonds is 9. The lowest BCUT2D eigenvalue weighted by molar-refractivity contribution is -0.117. The smallest absolute Gasteiger partial charge is 0.279 e. The number of nitrogens with one attached hydrogen (secondary N) is 1. The number of carbonyl (C=O) groups is 2. The summed E-state index contributed by atoms with van der Waals surface area (Å²) in [5.74, 6) is -0.858. The molecule has 0 fully saturated rings. The Morgan fingerprint density at radius 1 is 1.00 bits per heavy atom. The Morgan fingerprint density at radius 2 is 1.76 bits per heavy atom. The molecule has 3 aromatic carbocycles. The molecular formula is C29H27FN4O3. The van der Waals surface area contributed by atoms with Crippen molar-refractivity contribution in [3.63, 3.8) is 0 Å². The molecule has 8 heteroatoms. The quantitative estimate of drug-likeness (QED) is 0.325. The first-order chi connectivity index (χ1) is 18.0. The van der Waals surface area contributed by atoms with Crippen molar-refractivity contribution in [2.24, 2.45) is 0 Å². The SMILES string of the molecule is CCOc1cccc(N(C(=O)c2cnccn2)[C@@H](C(=O)Nc2ccc(F)cc2)c2ccc(CC)cc2)c1. The summed E-state index contributed by atoms with van der Waals surface area (Å²) in [5, 5.41) is 2.83. The minimum atomic E-state index is -1.08. The largest absolute Gasteiger partial charge is 0.494 e. The number of anilines is 2. The average Bonchev–Trinajstić information content (AvgIpc) is 2.93.